The molecule has 5 heteroatoms. The van der Waals surface area contributed by atoms with E-state index in [0.717, 1.165) is 38.8 Å². The quantitative estimate of drug-likeness (QED) is 0.447. The maximum Gasteiger partial charge on any atom is 0.260 e. The average molecular weight is 388 g/mol. The van der Waals surface area contributed by atoms with Gasteiger partial charge in [-0.1, -0.05) is 42.5 Å². The molecule has 4 aromatic carbocycles. The third kappa shape index (κ3) is 2.08. The van der Waals surface area contributed by atoms with E-state index in [1.165, 1.54) is 0 Å². The number of hydrogen-bond donors (Lipinski definition) is 2. The van der Waals surface area contributed by atoms with Crippen LogP contribution in [0.1, 0.15) is 27.7 Å². The standard InChI is InChI=1S/C25H16N4O/c26-13-14-6-11-20-21(12-14)29-24(28-20)17-9-10-19(27)23-16(15-4-2-1-3-5-15)7-8-18(22(17)23)25(29)30/h1-12,24,28H,27H2. The van der Waals surface area contributed by atoms with Crippen molar-refractivity contribution in [2.24, 2.45) is 0 Å². The van der Waals surface area contributed by atoms with Gasteiger partial charge in [-0.05, 0) is 41.5 Å². The van der Waals surface area contributed by atoms with E-state index < -0.39 is 0 Å². The summed E-state index contributed by atoms with van der Waals surface area (Å²) in [4.78, 5) is 15.3. The number of rotatable bonds is 1. The Morgan fingerprint density at radius 2 is 1.73 bits per heavy atom. The number of carbonyl (C=O) groups is 1. The van der Waals surface area contributed by atoms with Crippen molar-refractivity contribution in [1.29, 1.82) is 5.26 Å². The molecular weight excluding hydrogens is 372 g/mol. The molecule has 142 valence electrons. The molecule has 0 radical (unpaired) electrons. The van der Waals surface area contributed by atoms with Gasteiger partial charge in [-0.3, -0.25) is 9.69 Å². The van der Waals surface area contributed by atoms with E-state index in [1.54, 1.807) is 17.0 Å². The molecule has 0 saturated heterocycles. The van der Waals surface area contributed by atoms with Crippen molar-refractivity contribution in [3.63, 3.8) is 0 Å². The summed E-state index contributed by atoms with van der Waals surface area (Å²) in [6, 6.07) is 25.4. The van der Waals surface area contributed by atoms with Crippen molar-refractivity contribution in [3.8, 4) is 17.2 Å². The molecular formula is C25H16N4O. The van der Waals surface area contributed by atoms with Gasteiger partial charge in [0.05, 0.1) is 23.0 Å². The second-order valence-electron chi connectivity index (χ2n) is 7.59. The van der Waals surface area contributed by atoms with Crippen molar-refractivity contribution < 1.29 is 4.79 Å². The number of hydrogen-bond acceptors (Lipinski definition) is 4. The molecule has 2 aliphatic rings. The van der Waals surface area contributed by atoms with E-state index in [2.05, 4.69) is 11.4 Å². The minimum Gasteiger partial charge on any atom is -0.398 e. The maximum absolute atomic E-state index is 13.6. The van der Waals surface area contributed by atoms with Crippen LogP contribution < -0.4 is 16.0 Å². The smallest absolute Gasteiger partial charge is 0.260 e. The van der Waals surface area contributed by atoms with Gasteiger partial charge in [0.1, 0.15) is 6.17 Å². The SMILES string of the molecule is N#Cc1ccc2c(c1)N1C(=O)c3ccc(-c4ccccc4)c4c(N)ccc(c34)C1N2. The first-order valence-electron chi connectivity index (χ1n) is 9.72. The first kappa shape index (κ1) is 16.6. The first-order chi connectivity index (χ1) is 14.7. The number of nitrogens with one attached hydrogen (secondary N) is 1. The van der Waals surface area contributed by atoms with Crippen LogP contribution in [0.2, 0.25) is 0 Å². The Hall–Kier alpha value is -4.30. The number of fused-ring (bicyclic) bond motifs is 4. The largest absolute Gasteiger partial charge is 0.398 e. The van der Waals surface area contributed by atoms with Crippen molar-refractivity contribution in [2.45, 2.75) is 6.17 Å². The van der Waals surface area contributed by atoms with Gasteiger partial charge in [-0.2, -0.15) is 5.26 Å². The predicted molar refractivity (Wildman–Crippen MR) is 118 cm³/mol. The van der Waals surface area contributed by atoms with Crippen LogP contribution >= 0.6 is 0 Å². The summed E-state index contributed by atoms with van der Waals surface area (Å²) in [5.41, 5.74) is 12.9. The lowest BCUT2D eigenvalue weighted by atomic mass is 9.87. The molecule has 0 fully saturated rings. The van der Waals surface area contributed by atoms with Crippen molar-refractivity contribution >= 4 is 33.7 Å². The number of nitrogen functional groups attached to an aromatic ring is 1. The fourth-order valence-electron chi connectivity index (χ4n) is 4.66. The van der Waals surface area contributed by atoms with E-state index in [9.17, 15) is 10.1 Å². The summed E-state index contributed by atoms with van der Waals surface area (Å²) in [6.07, 6.45) is -0.330. The molecule has 1 amide bonds. The highest BCUT2D eigenvalue weighted by Gasteiger charge is 2.41. The minimum atomic E-state index is -0.330. The molecule has 5 nitrogen and oxygen atoms in total. The summed E-state index contributed by atoms with van der Waals surface area (Å²) >= 11 is 0. The molecule has 30 heavy (non-hydrogen) atoms. The molecule has 0 aromatic heterocycles. The Bertz CT molecular complexity index is 1420. The molecule has 6 rings (SSSR count). The summed E-state index contributed by atoms with van der Waals surface area (Å²) < 4.78 is 0. The predicted octanol–water partition coefficient (Wildman–Crippen LogP) is 5.05. The summed E-state index contributed by atoms with van der Waals surface area (Å²) in [5.74, 6) is -0.0935. The molecule has 1 unspecified atom stereocenters. The second-order valence-corrected chi connectivity index (χ2v) is 7.59. The first-order valence-corrected chi connectivity index (χ1v) is 9.72. The third-order valence-electron chi connectivity index (χ3n) is 5.99. The number of carbonyl (C=O) groups excluding carboxylic acids is 1. The van der Waals surface area contributed by atoms with Crippen LogP contribution in [0.5, 0.6) is 0 Å². The normalized spacial score (nSPS) is 16.0. The Morgan fingerprint density at radius 1 is 0.933 bits per heavy atom. The Morgan fingerprint density at radius 3 is 2.53 bits per heavy atom. The van der Waals surface area contributed by atoms with Crippen LogP contribution in [-0.4, -0.2) is 5.91 Å². The second kappa shape index (κ2) is 5.85. The fraction of sp³-hybridized carbons (Fsp3) is 0.0400. The van der Waals surface area contributed by atoms with Crippen LogP contribution in [0.3, 0.4) is 0 Å². The van der Waals surface area contributed by atoms with Crippen molar-refractivity contribution in [1.82, 2.24) is 0 Å². The summed E-state index contributed by atoms with van der Waals surface area (Å²) in [5, 5.41) is 14.5. The van der Waals surface area contributed by atoms with E-state index in [0.29, 0.717) is 16.8 Å². The molecule has 0 spiro atoms. The van der Waals surface area contributed by atoms with Crippen LogP contribution in [0.4, 0.5) is 17.1 Å². The fourth-order valence-corrected chi connectivity index (χ4v) is 4.66. The number of benzene rings is 4. The van der Waals surface area contributed by atoms with E-state index in [-0.39, 0.29) is 12.1 Å². The molecule has 0 saturated carbocycles. The van der Waals surface area contributed by atoms with Crippen LogP contribution in [-0.2, 0) is 0 Å². The van der Waals surface area contributed by atoms with Gasteiger partial charge < -0.3 is 11.1 Å². The highest BCUT2D eigenvalue weighted by molar-refractivity contribution is 6.23. The summed E-state index contributed by atoms with van der Waals surface area (Å²) in [6.45, 7) is 0. The number of anilines is 3. The Labute approximate surface area is 173 Å². The number of nitrogens with zero attached hydrogens (tertiary/aromatic N) is 2. The maximum atomic E-state index is 13.6. The highest BCUT2D eigenvalue weighted by Crippen LogP contribution is 2.49. The minimum absolute atomic E-state index is 0.0935. The average Bonchev–Trinajstić information content (AvgIpc) is 3.17. The van der Waals surface area contributed by atoms with Gasteiger partial charge in [-0.25, -0.2) is 0 Å². The van der Waals surface area contributed by atoms with Gasteiger partial charge in [0.15, 0.2) is 0 Å². The zero-order valence-electron chi connectivity index (χ0n) is 15.9. The lowest BCUT2D eigenvalue weighted by Crippen LogP contribution is -2.37. The molecule has 0 bridgehead atoms. The number of nitriles is 1. The number of nitrogens with two attached hydrogens (primary N) is 1. The monoisotopic (exact) mass is 388 g/mol. The van der Waals surface area contributed by atoms with E-state index in [1.807, 2.05) is 60.7 Å². The van der Waals surface area contributed by atoms with Gasteiger partial charge >= 0.3 is 0 Å². The molecule has 0 aliphatic carbocycles. The molecule has 2 aliphatic heterocycles. The van der Waals surface area contributed by atoms with Crippen LogP contribution in [0, 0.1) is 11.3 Å². The van der Waals surface area contributed by atoms with Crippen LogP contribution in [0.15, 0.2) is 72.8 Å². The van der Waals surface area contributed by atoms with Crippen LogP contribution in [0.25, 0.3) is 21.9 Å². The summed E-state index contributed by atoms with van der Waals surface area (Å²) in [7, 11) is 0. The van der Waals surface area contributed by atoms with Gasteiger partial charge in [-0.15, -0.1) is 0 Å². The van der Waals surface area contributed by atoms with Gasteiger partial charge in [0.25, 0.3) is 5.91 Å². The Balaban J connectivity index is 1.64. The molecule has 3 N–H and O–H groups in total. The van der Waals surface area contributed by atoms with Crippen molar-refractivity contribution in [2.75, 3.05) is 16.0 Å². The lowest BCUT2D eigenvalue weighted by molar-refractivity contribution is 0.0980. The highest BCUT2D eigenvalue weighted by atomic mass is 16.2. The van der Waals surface area contributed by atoms with E-state index in [4.69, 9.17) is 5.73 Å². The van der Waals surface area contributed by atoms with Gasteiger partial charge in [0.2, 0.25) is 0 Å². The lowest BCUT2D eigenvalue weighted by Gasteiger charge is -2.32. The Kier molecular flexibility index (Phi) is 3.24. The van der Waals surface area contributed by atoms with E-state index >= 15 is 0 Å². The van der Waals surface area contributed by atoms with Gasteiger partial charge in [0, 0.05) is 27.6 Å². The van der Waals surface area contributed by atoms with Crippen molar-refractivity contribution in [3.05, 3.63) is 89.5 Å². The third-order valence-corrected chi connectivity index (χ3v) is 5.99. The zero-order chi connectivity index (χ0) is 20.4. The topological polar surface area (TPSA) is 82.2 Å². The molecule has 2 heterocycles. The molecule has 1 atom stereocenters. The number of amides is 1. The molecule has 4 aromatic rings. The zero-order valence-corrected chi connectivity index (χ0v) is 15.9.